The molecule has 0 N–H and O–H groups in total. The zero-order valence-corrected chi connectivity index (χ0v) is 13.6. The van der Waals surface area contributed by atoms with Gasteiger partial charge >= 0.3 is 0 Å². The topological polar surface area (TPSA) is 16.1 Å². The van der Waals surface area contributed by atoms with Crippen molar-refractivity contribution in [2.24, 2.45) is 0 Å². The Bertz CT molecular complexity index is 897. The van der Waals surface area contributed by atoms with Crippen LogP contribution < -0.4 is 4.90 Å². The average molecular weight is 311 g/mol. The van der Waals surface area contributed by atoms with Crippen LogP contribution >= 0.6 is 0 Å². The first kappa shape index (κ1) is 14.8. The van der Waals surface area contributed by atoms with Crippen molar-refractivity contribution in [2.75, 3.05) is 11.4 Å². The third kappa shape index (κ3) is 2.74. The Morgan fingerprint density at radius 2 is 1.83 bits per heavy atom. The molecule has 24 heavy (non-hydrogen) atoms. The lowest BCUT2D eigenvalue weighted by molar-refractivity contribution is 0.634. The smallest absolute Gasteiger partial charge is 0.0730 e. The SMILES string of the molecule is C#Cc1ccc(-c2cc(N3[CH]CCCC3)c3ccccc3n2)cc1. The summed E-state index contributed by atoms with van der Waals surface area (Å²) in [4.78, 5) is 7.25. The molecule has 2 nitrogen and oxygen atoms in total. The Labute approximate surface area is 143 Å². The third-order valence-electron chi connectivity index (χ3n) is 4.55. The van der Waals surface area contributed by atoms with E-state index < -0.39 is 0 Å². The molecule has 0 atom stereocenters. The molecular weight excluding hydrogens is 292 g/mol. The molecular formula is C22H19N2. The fraction of sp³-hybridized carbons (Fsp3) is 0.182. The fourth-order valence-corrected chi connectivity index (χ4v) is 3.26. The van der Waals surface area contributed by atoms with Crippen LogP contribution in [0, 0.1) is 18.9 Å². The van der Waals surface area contributed by atoms with Crippen LogP contribution in [0.2, 0.25) is 0 Å². The van der Waals surface area contributed by atoms with E-state index in [4.69, 9.17) is 11.4 Å². The van der Waals surface area contributed by atoms with Crippen LogP contribution in [0.3, 0.4) is 0 Å². The van der Waals surface area contributed by atoms with Crippen molar-refractivity contribution in [2.45, 2.75) is 19.3 Å². The molecule has 1 aromatic heterocycles. The van der Waals surface area contributed by atoms with Crippen LogP contribution in [-0.2, 0) is 0 Å². The highest BCUT2D eigenvalue weighted by molar-refractivity contribution is 5.94. The number of piperidine rings is 1. The van der Waals surface area contributed by atoms with Gasteiger partial charge in [0.25, 0.3) is 0 Å². The second-order valence-electron chi connectivity index (χ2n) is 6.14. The van der Waals surface area contributed by atoms with Crippen LogP contribution in [0.15, 0.2) is 54.6 Å². The lowest BCUT2D eigenvalue weighted by Gasteiger charge is -2.29. The van der Waals surface area contributed by atoms with Gasteiger partial charge in [-0.3, -0.25) is 0 Å². The van der Waals surface area contributed by atoms with Crippen molar-refractivity contribution in [3.8, 4) is 23.6 Å². The number of pyridine rings is 1. The van der Waals surface area contributed by atoms with E-state index in [-0.39, 0.29) is 0 Å². The number of terminal acetylenes is 1. The van der Waals surface area contributed by atoms with Gasteiger partial charge in [-0.15, -0.1) is 6.42 Å². The van der Waals surface area contributed by atoms with E-state index in [2.05, 4.69) is 53.8 Å². The highest BCUT2D eigenvalue weighted by atomic mass is 15.1. The minimum Gasteiger partial charge on any atom is -0.366 e. The number of para-hydroxylation sites is 1. The summed E-state index contributed by atoms with van der Waals surface area (Å²) >= 11 is 0. The van der Waals surface area contributed by atoms with Crippen molar-refractivity contribution < 1.29 is 0 Å². The van der Waals surface area contributed by atoms with E-state index in [1.54, 1.807) is 0 Å². The Kier molecular flexibility index (Phi) is 3.92. The van der Waals surface area contributed by atoms with Gasteiger partial charge in [0.2, 0.25) is 0 Å². The predicted molar refractivity (Wildman–Crippen MR) is 101 cm³/mol. The molecule has 117 valence electrons. The maximum absolute atomic E-state index is 5.46. The predicted octanol–water partition coefficient (Wildman–Crippen LogP) is 5.04. The van der Waals surface area contributed by atoms with Gasteiger partial charge in [0.15, 0.2) is 0 Å². The number of anilines is 1. The molecule has 0 aliphatic carbocycles. The number of benzene rings is 2. The summed E-state index contributed by atoms with van der Waals surface area (Å²) in [5, 5.41) is 1.21. The Balaban J connectivity index is 1.85. The van der Waals surface area contributed by atoms with Gasteiger partial charge in [-0.05, 0) is 43.5 Å². The van der Waals surface area contributed by atoms with Gasteiger partial charge in [0.05, 0.1) is 11.2 Å². The zero-order valence-electron chi connectivity index (χ0n) is 13.6. The summed E-state index contributed by atoms with van der Waals surface area (Å²) in [6.07, 6.45) is 9.11. The number of hydrogen-bond acceptors (Lipinski definition) is 2. The van der Waals surface area contributed by atoms with Crippen LogP contribution in [0.25, 0.3) is 22.2 Å². The van der Waals surface area contributed by atoms with Crippen LogP contribution in [-0.4, -0.2) is 11.5 Å². The minimum atomic E-state index is 0.893. The Morgan fingerprint density at radius 3 is 2.58 bits per heavy atom. The summed E-state index contributed by atoms with van der Waals surface area (Å²) in [6.45, 7) is 3.39. The summed E-state index contributed by atoms with van der Waals surface area (Å²) < 4.78 is 0. The van der Waals surface area contributed by atoms with E-state index in [0.29, 0.717) is 0 Å². The van der Waals surface area contributed by atoms with Crippen molar-refractivity contribution in [3.63, 3.8) is 0 Å². The molecule has 0 saturated carbocycles. The summed E-state index contributed by atoms with van der Waals surface area (Å²) in [5.41, 5.74) is 5.26. The van der Waals surface area contributed by atoms with Crippen molar-refractivity contribution in [1.29, 1.82) is 0 Å². The molecule has 4 rings (SSSR count). The highest BCUT2D eigenvalue weighted by Gasteiger charge is 2.16. The van der Waals surface area contributed by atoms with Crippen LogP contribution in [0.1, 0.15) is 24.8 Å². The number of fused-ring (bicyclic) bond motifs is 1. The fourth-order valence-electron chi connectivity index (χ4n) is 3.26. The monoisotopic (exact) mass is 311 g/mol. The molecule has 1 saturated heterocycles. The lowest BCUT2D eigenvalue weighted by atomic mass is 10.0. The normalized spacial score (nSPS) is 14.5. The Morgan fingerprint density at radius 1 is 1.00 bits per heavy atom. The molecule has 2 heteroatoms. The second kappa shape index (κ2) is 6.37. The van der Waals surface area contributed by atoms with E-state index in [1.807, 2.05) is 18.2 Å². The molecule has 0 spiro atoms. The van der Waals surface area contributed by atoms with Crippen molar-refractivity contribution >= 4 is 16.6 Å². The first-order chi connectivity index (χ1) is 11.8. The molecule has 3 aromatic rings. The summed E-state index contributed by atoms with van der Waals surface area (Å²) in [7, 11) is 0. The number of hydrogen-bond donors (Lipinski definition) is 0. The largest absolute Gasteiger partial charge is 0.366 e. The molecule has 2 aromatic carbocycles. The standard InChI is InChI=1S/C22H19N2/c1-2-17-10-12-18(13-11-17)21-16-22(24-14-6-3-7-15-24)19-8-4-5-9-20(19)23-21/h1,4-5,8-14,16H,3,6-7,15H2. The van der Waals surface area contributed by atoms with Crippen molar-refractivity contribution in [1.82, 2.24) is 4.98 Å². The summed E-state index contributed by atoms with van der Waals surface area (Å²) in [5.74, 6) is 2.66. The molecule has 0 unspecified atom stereocenters. The highest BCUT2D eigenvalue weighted by Crippen LogP contribution is 2.33. The van der Waals surface area contributed by atoms with Gasteiger partial charge in [-0.1, -0.05) is 36.3 Å². The number of nitrogens with zero attached hydrogens (tertiary/aromatic N) is 2. The van der Waals surface area contributed by atoms with Gasteiger partial charge < -0.3 is 4.90 Å². The van der Waals surface area contributed by atoms with E-state index in [1.165, 1.54) is 23.9 Å². The average Bonchev–Trinajstić information content (AvgIpc) is 2.68. The molecule has 0 amide bonds. The van der Waals surface area contributed by atoms with Gasteiger partial charge in [-0.25, -0.2) is 4.98 Å². The number of aromatic nitrogens is 1. The van der Waals surface area contributed by atoms with Gasteiger partial charge in [-0.2, -0.15) is 0 Å². The quantitative estimate of drug-likeness (QED) is 0.617. The molecule has 0 bridgehead atoms. The van der Waals surface area contributed by atoms with E-state index in [0.717, 1.165) is 35.3 Å². The van der Waals surface area contributed by atoms with Crippen molar-refractivity contribution in [3.05, 3.63) is 66.7 Å². The number of rotatable bonds is 2. The molecule has 1 radical (unpaired) electrons. The first-order valence-corrected chi connectivity index (χ1v) is 8.42. The van der Waals surface area contributed by atoms with E-state index in [9.17, 15) is 0 Å². The van der Waals surface area contributed by atoms with Gasteiger partial charge in [0, 0.05) is 35.3 Å². The van der Waals surface area contributed by atoms with Crippen LogP contribution in [0.5, 0.6) is 0 Å². The van der Waals surface area contributed by atoms with Crippen LogP contribution in [0.4, 0.5) is 5.69 Å². The molecule has 1 fully saturated rings. The summed E-state index contributed by atoms with van der Waals surface area (Å²) in [6, 6.07) is 18.6. The zero-order chi connectivity index (χ0) is 16.4. The minimum absolute atomic E-state index is 0.893. The third-order valence-corrected chi connectivity index (χ3v) is 4.55. The Hall–Kier alpha value is -2.79. The first-order valence-electron chi connectivity index (χ1n) is 8.42. The molecule has 1 aliphatic heterocycles. The molecule has 2 heterocycles. The van der Waals surface area contributed by atoms with E-state index >= 15 is 0 Å². The maximum Gasteiger partial charge on any atom is 0.0730 e. The maximum atomic E-state index is 5.46. The second-order valence-corrected chi connectivity index (χ2v) is 6.14. The van der Waals surface area contributed by atoms with Gasteiger partial charge in [0.1, 0.15) is 0 Å². The molecule has 1 aliphatic rings. The lowest BCUT2D eigenvalue weighted by Crippen LogP contribution is -2.25.